The van der Waals surface area contributed by atoms with Crippen molar-refractivity contribution in [3.05, 3.63) is 52.4 Å². The van der Waals surface area contributed by atoms with Crippen LogP contribution in [0.2, 0.25) is 0 Å². The number of amides is 1. The number of hydrogen-bond acceptors (Lipinski definition) is 3. The summed E-state index contributed by atoms with van der Waals surface area (Å²) >= 11 is 1.31. The van der Waals surface area contributed by atoms with Gasteiger partial charge in [-0.05, 0) is 18.1 Å². The van der Waals surface area contributed by atoms with Gasteiger partial charge in [0.15, 0.2) is 0 Å². The number of thiophene rings is 1. The summed E-state index contributed by atoms with van der Waals surface area (Å²) in [5.74, 6) is -1.22. The van der Waals surface area contributed by atoms with Gasteiger partial charge in [-0.1, -0.05) is 37.3 Å². The van der Waals surface area contributed by atoms with E-state index >= 15 is 0 Å². The number of carboxylic acids is 1. The Balaban J connectivity index is 2.11. The van der Waals surface area contributed by atoms with E-state index in [0.29, 0.717) is 5.00 Å². The molecule has 1 aromatic heterocycles. The Labute approximate surface area is 121 Å². The van der Waals surface area contributed by atoms with Crippen molar-refractivity contribution in [2.24, 2.45) is 0 Å². The van der Waals surface area contributed by atoms with Crippen LogP contribution in [0.3, 0.4) is 0 Å². The molecule has 5 heteroatoms. The first kappa shape index (κ1) is 14.3. The average molecular weight is 289 g/mol. The standard InChI is InChI=1S/C15H15NO3S/c1-2-11-9-12(15(18)19)14(20-11)16-13(17)8-10-6-4-3-5-7-10/h3-7,9H,2,8H2,1H3,(H,16,17)(H,18,19). The molecule has 1 heterocycles. The molecule has 1 amide bonds. The second-order valence-corrected chi connectivity index (χ2v) is 5.46. The molecule has 0 unspecified atom stereocenters. The van der Waals surface area contributed by atoms with E-state index in [1.54, 1.807) is 6.07 Å². The molecule has 104 valence electrons. The number of aryl methyl sites for hydroxylation is 1. The maximum Gasteiger partial charge on any atom is 0.338 e. The van der Waals surface area contributed by atoms with Gasteiger partial charge in [-0.3, -0.25) is 4.79 Å². The molecule has 2 rings (SSSR count). The maximum atomic E-state index is 12.0. The van der Waals surface area contributed by atoms with E-state index in [1.165, 1.54) is 11.3 Å². The lowest BCUT2D eigenvalue weighted by Crippen LogP contribution is -2.15. The van der Waals surface area contributed by atoms with E-state index in [-0.39, 0.29) is 17.9 Å². The van der Waals surface area contributed by atoms with Crippen molar-refractivity contribution in [3.8, 4) is 0 Å². The number of carboxylic acid groups (broad SMARTS) is 1. The third-order valence-corrected chi connectivity index (χ3v) is 4.02. The summed E-state index contributed by atoms with van der Waals surface area (Å²) in [6, 6.07) is 11.0. The topological polar surface area (TPSA) is 66.4 Å². The quantitative estimate of drug-likeness (QED) is 0.888. The Kier molecular flexibility index (Phi) is 4.53. The molecular formula is C15H15NO3S. The van der Waals surface area contributed by atoms with Crippen LogP contribution in [-0.4, -0.2) is 17.0 Å². The van der Waals surface area contributed by atoms with Crippen molar-refractivity contribution in [2.45, 2.75) is 19.8 Å². The van der Waals surface area contributed by atoms with Crippen LogP contribution in [0, 0.1) is 0 Å². The Morgan fingerprint density at radius 2 is 1.95 bits per heavy atom. The third-order valence-electron chi connectivity index (χ3n) is 2.82. The average Bonchev–Trinajstić information content (AvgIpc) is 2.83. The van der Waals surface area contributed by atoms with E-state index in [4.69, 9.17) is 5.11 Å². The molecule has 0 saturated carbocycles. The van der Waals surface area contributed by atoms with Crippen LogP contribution in [0.5, 0.6) is 0 Å². The van der Waals surface area contributed by atoms with Crippen LogP contribution in [0.1, 0.15) is 27.7 Å². The Bertz CT molecular complexity index is 619. The molecule has 0 spiro atoms. The smallest absolute Gasteiger partial charge is 0.338 e. The molecule has 1 aromatic carbocycles. The number of hydrogen-bond donors (Lipinski definition) is 2. The minimum absolute atomic E-state index is 0.160. The van der Waals surface area contributed by atoms with E-state index in [9.17, 15) is 9.59 Å². The van der Waals surface area contributed by atoms with Crippen molar-refractivity contribution in [2.75, 3.05) is 5.32 Å². The molecule has 0 saturated heterocycles. The molecule has 0 atom stereocenters. The number of aromatic carboxylic acids is 1. The van der Waals surface area contributed by atoms with Crippen LogP contribution >= 0.6 is 11.3 Å². The summed E-state index contributed by atoms with van der Waals surface area (Å²) < 4.78 is 0. The summed E-state index contributed by atoms with van der Waals surface area (Å²) in [6.45, 7) is 1.95. The number of carbonyl (C=O) groups excluding carboxylic acids is 1. The van der Waals surface area contributed by atoms with Gasteiger partial charge < -0.3 is 10.4 Å². The predicted octanol–water partition coefficient (Wildman–Crippen LogP) is 3.19. The van der Waals surface area contributed by atoms with Crippen molar-refractivity contribution in [1.29, 1.82) is 0 Å². The van der Waals surface area contributed by atoms with Gasteiger partial charge in [0.1, 0.15) is 5.00 Å². The fraction of sp³-hybridized carbons (Fsp3) is 0.200. The summed E-state index contributed by atoms with van der Waals surface area (Å²) in [7, 11) is 0. The van der Waals surface area contributed by atoms with Gasteiger partial charge in [-0.2, -0.15) is 0 Å². The second-order valence-electron chi connectivity index (χ2n) is 4.32. The van der Waals surface area contributed by atoms with Gasteiger partial charge in [-0.25, -0.2) is 4.79 Å². The Morgan fingerprint density at radius 1 is 1.25 bits per heavy atom. The number of carbonyl (C=O) groups is 2. The van der Waals surface area contributed by atoms with Gasteiger partial charge in [0.2, 0.25) is 5.91 Å². The minimum atomic E-state index is -1.02. The van der Waals surface area contributed by atoms with E-state index in [0.717, 1.165) is 16.9 Å². The Morgan fingerprint density at radius 3 is 2.55 bits per heavy atom. The zero-order valence-corrected chi connectivity index (χ0v) is 11.9. The highest BCUT2D eigenvalue weighted by Gasteiger charge is 2.16. The van der Waals surface area contributed by atoms with Crippen LogP contribution < -0.4 is 5.32 Å². The van der Waals surface area contributed by atoms with E-state index in [2.05, 4.69) is 5.32 Å². The highest BCUT2D eigenvalue weighted by Crippen LogP contribution is 2.28. The lowest BCUT2D eigenvalue weighted by molar-refractivity contribution is -0.115. The molecular weight excluding hydrogens is 274 g/mol. The fourth-order valence-corrected chi connectivity index (χ4v) is 2.82. The van der Waals surface area contributed by atoms with Gasteiger partial charge in [0, 0.05) is 4.88 Å². The fourth-order valence-electron chi connectivity index (χ4n) is 1.82. The van der Waals surface area contributed by atoms with Gasteiger partial charge in [0.25, 0.3) is 0 Å². The van der Waals surface area contributed by atoms with Crippen LogP contribution in [0.15, 0.2) is 36.4 Å². The molecule has 2 N–H and O–H groups in total. The normalized spacial score (nSPS) is 10.2. The first-order valence-corrected chi connectivity index (χ1v) is 7.11. The SMILES string of the molecule is CCc1cc(C(=O)O)c(NC(=O)Cc2ccccc2)s1. The molecule has 20 heavy (non-hydrogen) atoms. The van der Waals surface area contributed by atoms with Gasteiger partial charge >= 0.3 is 5.97 Å². The molecule has 0 radical (unpaired) electrons. The number of benzene rings is 1. The van der Waals surface area contributed by atoms with E-state index < -0.39 is 5.97 Å². The van der Waals surface area contributed by atoms with Crippen LogP contribution in [0.4, 0.5) is 5.00 Å². The highest BCUT2D eigenvalue weighted by atomic mass is 32.1. The zero-order chi connectivity index (χ0) is 14.5. The molecule has 0 aliphatic carbocycles. The third kappa shape index (κ3) is 3.45. The van der Waals surface area contributed by atoms with Gasteiger partial charge in [0.05, 0.1) is 12.0 Å². The monoisotopic (exact) mass is 289 g/mol. The first-order chi connectivity index (χ1) is 9.60. The summed E-state index contributed by atoms with van der Waals surface area (Å²) in [5, 5.41) is 12.2. The highest BCUT2D eigenvalue weighted by molar-refractivity contribution is 7.16. The van der Waals surface area contributed by atoms with Crippen LogP contribution in [0.25, 0.3) is 0 Å². The summed E-state index contributed by atoms with van der Waals surface area (Å²) in [4.78, 5) is 24.0. The van der Waals surface area contributed by atoms with E-state index in [1.807, 2.05) is 37.3 Å². The zero-order valence-electron chi connectivity index (χ0n) is 11.1. The van der Waals surface area contributed by atoms with Crippen molar-refractivity contribution >= 4 is 28.2 Å². The van der Waals surface area contributed by atoms with Crippen molar-refractivity contribution in [1.82, 2.24) is 0 Å². The molecule has 0 aliphatic rings. The van der Waals surface area contributed by atoms with Crippen LogP contribution in [-0.2, 0) is 17.6 Å². The molecule has 0 bridgehead atoms. The molecule has 2 aromatic rings. The Hall–Kier alpha value is -2.14. The molecule has 4 nitrogen and oxygen atoms in total. The minimum Gasteiger partial charge on any atom is -0.478 e. The molecule has 0 fully saturated rings. The second kappa shape index (κ2) is 6.34. The van der Waals surface area contributed by atoms with Crippen molar-refractivity contribution in [3.63, 3.8) is 0 Å². The maximum absolute atomic E-state index is 12.0. The summed E-state index contributed by atoms with van der Waals surface area (Å²) in [5.41, 5.74) is 1.06. The first-order valence-electron chi connectivity index (χ1n) is 6.30. The van der Waals surface area contributed by atoms with Crippen molar-refractivity contribution < 1.29 is 14.7 Å². The summed E-state index contributed by atoms with van der Waals surface area (Å²) in [6.07, 6.45) is 0.985. The lowest BCUT2D eigenvalue weighted by atomic mass is 10.1. The predicted molar refractivity (Wildman–Crippen MR) is 79.4 cm³/mol. The lowest BCUT2D eigenvalue weighted by Gasteiger charge is -2.04. The number of anilines is 1. The number of nitrogens with one attached hydrogen (secondary N) is 1. The largest absolute Gasteiger partial charge is 0.478 e. The molecule has 0 aliphatic heterocycles. The van der Waals surface area contributed by atoms with Gasteiger partial charge in [-0.15, -0.1) is 11.3 Å². The number of rotatable bonds is 5.